The average Bonchev–Trinajstić information content (AvgIpc) is 3.49. The molecule has 43 heavy (non-hydrogen) atoms. The third kappa shape index (κ3) is 6.40. The maximum absolute atomic E-state index is 13.8. The largest absolute Gasteiger partial charge is 0.454 e. The molecule has 0 atom stereocenters. The van der Waals surface area contributed by atoms with Crippen LogP contribution in [0.1, 0.15) is 16.1 Å². The summed E-state index contributed by atoms with van der Waals surface area (Å²) in [7, 11) is 0. The number of anilines is 2. The molecule has 0 aliphatic carbocycles. The summed E-state index contributed by atoms with van der Waals surface area (Å²) >= 11 is 12.3. The Morgan fingerprint density at radius 1 is 0.953 bits per heavy atom. The van der Waals surface area contributed by atoms with E-state index in [0.717, 1.165) is 5.69 Å². The number of ether oxygens (including phenoxy) is 3. The van der Waals surface area contributed by atoms with E-state index in [0.29, 0.717) is 52.2 Å². The Hall–Kier alpha value is -5.06. The van der Waals surface area contributed by atoms with Gasteiger partial charge in [0.2, 0.25) is 6.79 Å². The highest BCUT2D eigenvalue weighted by Crippen LogP contribution is 2.38. The van der Waals surface area contributed by atoms with Gasteiger partial charge in [-0.15, -0.1) is 0 Å². The number of nitrogens with one attached hydrogen (secondary N) is 2. The number of hydrogen-bond acceptors (Lipinski definition) is 8. The number of fused-ring (bicyclic) bond motifs is 1. The Bertz CT molecular complexity index is 1870. The first-order valence-corrected chi connectivity index (χ1v) is 13.9. The van der Waals surface area contributed by atoms with Crippen molar-refractivity contribution in [3.8, 4) is 28.7 Å². The van der Waals surface area contributed by atoms with Gasteiger partial charge in [0.1, 0.15) is 5.75 Å². The Morgan fingerprint density at radius 3 is 2.67 bits per heavy atom. The zero-order valence-electron chi connectivity index (χ0n) is 22.4. The van der Waals surface area contributed by atoms with E-state index in [1.165, 1.54) is 16.9 Å². The lowest BCUT2D eigenvalue weighted by Crippen LogP contribution is -2.26. The summed E-state index contributed by atoms with van der Waals surface area (Å²) in [5, 5.41) is 10.9. The summed E-state index contributed by atoms with van der Waals surface area (Å²) in [6.45, 7) is 0.527. The number of rotatable bonds is 9. The van der Waals surface area contributed by atoms with Crippen molar-refractivity contribution in [1.82, 2.24) is 20.1 Å². The Kier molecular flexibility index (Phi) is 8.12. The van der Waals surface area contributed by atoms with Crippen molar-refractivity contribution in [2.75, 3.05) is 18.7 Å². The van der Waals surface area contributed by atoms with Gasteiger partial charge in [-0.3, -0.25) is 14.6 Å². The van der Waals surface area contributed by atoms with Crippen molar-refractivity contribution in [1.29, 1.82) is 0 Å². The number of nitrogens with zero attached hydrogens (tertiary/aromatic N) is 3. The minimum Gasteiger partial charge on any atom is -0.454 e. The van der Waals surface area contributed by atoms with Gasteiger partial charge in [-0.1, -0.05) is 35.3 Å². The number of pyridine rings is 1. The van der Waals surface area contributed by atoms with Gasteiger partial charge in [0, 0.05) is 42.2 Å². The fraction of sp³-hybridized carbons (Fsp3) is 0.0968. The van der Waals surface area contributed by atoms with E-state index in [1.54, 1.807) is 60.8 Å². The lowest BCUT2D eigenvalue weighted by molar-refractivity contribution is 0.0954. The zero-order valence-corrected chi connectivity index (χ0v) is 23.9. The molecule has 0 radical (unpaired) electrons. The molecule has 0 saturated carbocycles. The molecule has 12 heteroatoms. The third-order valence-electron chi connectivity index (χ3n) is 6.45. The van der Waals surface area contributed by atoms with Crippen molar-refractivity contribution >= 4 is 40.5 Å². The second kappa shape index (κ2) is 12.4. The van der Waals surface area contributed by atoms with Crippen molar-refractivity contribution < 1.29 is 19.0 Å². The summed E-state index contributed by atoms with van der Waals surface area (Å²) in [5.41, 5.74) is 1.72. The molecule has 10 nitrogen and oxygen atoms in total. The van der Waals surface area contributed by atoms with Crippen LogP contribution < -0.4 is 30.4 Å². The SMILES string of the molecule is O=C(NCCc1ccccn1)c1cccc(Nc2c(Oc3ccc4c(c3)OCO4)cnn(-c3ccc(Cl)c(Cl)c3)c2=O)c1. The Balaban J connectivity index is 1.29. The molecule has 0 saturated heterocycles. The average molecular weight is 616 g/mol. The van der Waals surface area contributed by atoms with Gasteiger partial charge >= 0.3 is 0 Å². The first-order chi connectivity index (χ1) is 20.9. The molecule has 1 amide bonds. The molecule has 1 aliphatic rings. The van der Waals surface area contributed by atoms with Crippen LogP contribution in [-0.2, 0) is 6.42 Å². The minimum atomic E-state index is -0.526. The fourth-order valence-electron chi connectivity index (χ4n) is 4.33. The highest BCUT2D eigenvalue weighted by Gasteiger charge is 2.19. The van der Waals surface area contributed by atoms with Gasteiger partial charge < -0.3 is 24.8 Å². The van der Waals surface area contributed by atoms with Crippen molar-refractivity contribution in [2.45, 2.75) is 6.42 Å². The second-order valence-electron chi connectivity index (χ2n) is 9.35. The molecule has 0 bridgehead atoms. The molecule has 6 rings (SSSR count). The molecular weight excluding hydrogens is 593 g/mol. The first kappa shape index (κ1) is 28.1. The van der Waals surface area contributed by atoms with E-state index in [4.69, 9.17) is 37.4 Å². The van der Waals surface area contributed by atoms with Crippen molar-refractivity contribution in [3.63, 3.8) is 0 Å². The number of hydrogen-bond donors (Lipinski definition) is 2. The van der Waals surface area contributed by atoms with Gasteiger partial charge in [-0.05, 0) is 60.7 Å². The van der Waals surface area contributed by atoms with E-state index in [9.17, 15) is 9.59 Å². The maximum Gasteiger partial charge on any atom is 0.299 e. The van der Waals surface area contributed by atoms with Crippen LogP contribution in [-0.4, -0.2) is 34.0 Å². The molecule has 0 fully saturated rings. The van der Waals surface area contributed by atoms with Crippen LogP contribution in [0.25, 0.3) is 5.69 Å². The highest BCUT2D eigenvalue weighted by molar-refractivity contribution is 6.42. The highest BCUT2D eigenvalue weighted by atomic mass is 35.5. The molecule has 3 aromatic carbocycles. The number of amides is 1. The van der Waals surface area contributed by atoms with Crippen LogP contribution in [0, 0.1) is 0 Å². The van der Waals surface area contributed by atoms with Gasteiger partial charge in [0.15, 0.2) is 22.9 Å². The minimum absolute atomic E-state index is 0.0754. The van der Waals surface area contributed by atoms with E-state index >= 15 is 0 Å². The first-order valence-electron chi connectivity index (χ1n) is 13.1. The molecule has 1 aliphatic heterocycles. The molecular formula is C31H23Cl2N5O5. The van der Waals surface area contributed by atoms with Gasteiger partial charge in [0.05, 0.1) is 21.9 Å². The standard InChI is InChI=1S/C31H23Cl2N5O5/c32-24-9-7-22(15-25(24)33)38-31(40)29(28(17-36-38)43-23-8-10-26-27(16-23)42-18-41-26)37-21-6-3-4-19(14-21)30(39)35-13-11-20-5-1-2-12-34-20/h1-10,12,14-17,37H,11,13,18H2,(H,35,39). The summed E-state index contributed by atoms with van der Waals surface area (Å²) in [4.78, 5) is 31.0. The van der Waals surface area contributed by atoms with E-state index in [1.807, 2.05) is 18.2 Å². The smallest absolute Gasteiger partial charge is 0.299 e. The Labute approximate surface area is 255 Å². The molecule has 3 heterocycles. The van der Waals surface area contributed by atoms with Gasteiger partial charge in [-0.2, -0.15) is 9.78 Å². The van der Waals surface area contributed by atoms with E-state index in [2.05, 4.69) is 20.7 Å². The van der Waals surface area contributed by atoms with Crippen LogP contribution >= 0.6 is 23.2 Å². The third-order valence-corrected chi connectivity index (χ3v) is 7.19. The number of halogens is 2. The van der Waals surface area contributed by atoms with Crippen LogP contribution in [0.4, 0.5) is 11.4 Å². The lowest BCUT2D eigenvalue weighted by atomic mass is 10.1. The lowest BCUT2D eigenvalue weighted by Gasteiger charge is -2.15. The Morgan fingerprint density at radius 2 is 1.84 bits per heavy atom. The predicted molar refractivity (Wildman–Crippen MR) is 162 cm³/mol. The van der Waals surface area contributed by atoms with Crippen molar-refractivity contribution in [3.05, 3.63) is 123 Å². The second-order valence-corrected chi connectivity index (χ2v) is 10.2. The van der Waals surface area contributed by atoms with Crippen LogP contribution in [0.5, 0.6) is 23.0 Å². The molecule has 2 aromatic heterocycles. The summed E-state index contributed by atoms with van der Waals surface area (Å²) in [6.07, 6.45) is 3.72. The fourth-order valence-corrected chi connectivity index (χ4v) is 4.63. The van der Waals surface area contributed by atoms with E-state index < -0.39 is 5.56 Å². The zero-order chi connectivity index (χ0) is 29.8. The summed E-state index contributed by atoms with van der Waals surface area (Å²) in [6, 6.07) is 22.2. The molecule has 0 spiro atoms. The maximum atomic E-state index is 13.8. The number of carbonyl (C=O) groups is 1. The number of carbonyl (C=O) groups excluding carboxylic acids is 1. The topological polar surface area (TPSA) is 117 Å². The molecule has 216 valence electrons. The van der Waals surface area contributed by atoms with Crippen LogP contribution in [0.15, 0.2) is 96.1 Å². The van der Waals surface area contributed by atoms with Gasteiger partial charge in [0.25, 0.3) is 11.5 Å². The molecule has 2 N–H and O–H groups in total. The van der Waals surface area contributed by atoms with Crippen LogP contribution in [0.2, 0.25) is 10.0 Å². The van der Waals surface area contributed by atoms with Gasteiger partial charge in [-0.25, -0.2) is 0 Å². The quantitative estimate of drug-likeness (QED) is 0.202. The number of aromatic nitrogens is 3. The number of benzene rings is 3. The summed E-state index contributed by atoms with van der Waals surface area (Å²) in [5.74, 6) is 1.39. The van der Waals surface area contributed by atoms with Crippen molar-refractivity contribution in [2.24, 2.45) is 0 Å². The molecule has 5 aromatic rings. The van der Waals surface area contributed by atoms with Crippen LogP contribution in [0.3, 0.4) is 0 Å². The molecule has 0 unspecified atom stereocenters. The predicted octanol–water partition coefficient (Wildman–Crippen LogP) is 6.17. The summed E-state index contributed by atoms with van der Waals surface area (Å²) < 4.78 is 18.1. The normalized spacial score (nSPS) is 11.7. The monoisotopic (exact) mass is 615 g/mol. The van der Waals surface area contributed by atoms with E-state index in [-0.39, 0.29) is 29.2 Å².